The van der Waals surface area contributed by atoms with Crippen LogP contribution >= 0.6 is 11.3 Å². The molecule has 1 unspecified atom stereocenters. The average molecular weight is 262 g/mol. The van der Waals surface area contributed by atoms with Crippen LogP contribution in [-0.2, 0) is 5.41 Å². The highest BCUT2D eigenvalue weighted by Gasteiger charge is 2.37. The van der Waals surface area contributed by atoms with E-state index >= 15 is 0 Å². The highest BCUT2D eigenvalue weighted by molar-refractivity contribution is 7.13. The van der Waals surface area contributed by atoms with Crippen LogP contribution < -0.4 is 5.32 Å². The van der Waals surface area contributed by atoms with E-state index in [0.717, 1.165) is 36.0 Å². The van der Waals surface area contributed by atoms with Crippen LogP contribution in [0, 0.1) is 0 Å². The van der Waals surface area contributed by atoms with Gasteiger partial charge >= 0.3 is 0 Å². The molecule has 0 bridgehead atoms. The van der Waals surface area contributed by atoms with Crippen molar-refractivity contribution in [2.24, 2.45) is 0 Å². The number of hydrogen-bond acceptors (Lipinski definition) is 4. The van der Waals surface area contributed by atoms with Gasteiger partial charge in [0.15, 0.2) is 5.82 Å². The minimum atomic E-state index is 0.164. The van der Waals surface area contributed by atoms with E-state index in [9.17, 15) is 0 Å². The first kappa shape index (κ1) is 11.9. The predicted octanol–water partition coefficient (Wildman–Crippen LogP) is 2.56. The smallest absolute Gasteiger partial charge is 0.191 e. The van der Waals surface area contributed by atoms with Gasteiger partial charge in [0.25, 0.3) is 0 Å². The van der Waals surface area contributed by atoms with Crippen molar-refractivity contribution in [1.82, 2.24) is 20.5 Å². The lowest BCUT2D eigenvalue weighted by Crippen LogP contribution is -2.30. The molecule has 1 aliphatic rings. The van der Waals surface area contributed by atoms with Crippen LogP contribution in [-0.4, -0.2) is 28.3 Å². The third kappa shape index (κ3) is 1.97. The number of rotatable bonds is 4. The fraction of sp³-hybridized carbons (Fsp3) is 0.538. The second-order valence-electron chi connectivity index (χ2n) is 4.94. The minimum absolute atomic E-state index is 0.164. The van der Waals surface area contributed by atoms with Gasteiger partial charge in [-0.25, -0.2) is 4.98 Å². The van der Waals surface area contributed by atoms with Crippen LogP contribution in [0.15, 0.2) is 17.5 Å². The van der Waals surface area contributed by atoms with Crippen molar-refractivity contribution >= 4 is 11.3 Å². The molecule has 0 amide bonds. The Balaban J connectivity index is 1.92. The summed E-state index contributed by atoms with van der Waals surface area (Å²) in [5, 5.41) is 13.1. The molecular formula is C13H18N4S. The van der Waals surface area contributed by atoms with E-state index in [1.165, 1.54) is 12.8 Å². The van der Waals surface area contributed by atoms with E-state index in [1.54, 1.807) is 11.3 Å². The van der Waals surface area contributed by atoms with Gasteiger partial charge in [-0.1, -0.05) is 19.4 Å². The number of thiophene rings is 1. The van der Waals surface area contributed by atoms with Crippen LogP contribution in [0.2, 0.25) is 0 Å². The summed E-state index contributed by atoms with van der Waals surface area (Å²) in [6, 6.07) is 4.10. The Bertz CT molecular complexity index is 497. The molecule has 0 radical (unpaired) electrons. The van der Waals surface area contributed by atoms with Gasteiger partial charge < -0.3 is 5.32 Å². The quantitative estimate of drug-likeness (QED) is 0.890. The first-order chi connectivity index (χ1) is 8.84. The van der Waals surface area contributed by atoms with Crippen molar-refractivity contribution < 1.29 is 0 Å². The second-order valence-corrected chi connectivity index (χ2v) is 5.89. The number of aromatic nitrogens is 3. The Kier molecular flexibility index (Phi) is 3.18. The van der Waals surface area contributed by atoms with Crippen LogP contribution in [0.4, 0.5) is 0 Å². The number of aromatic amines is 1. The molecule has 2 aromatic rings. The van der Waals surface area contributed by atoms with Gasteiger partial charge in [-0.3, -0.25) is 5.10 Å². The molecule has 1 saturated heterocycles. The molecule has 1 aliphatic heterocycles. The summed E-state index contributed by atoms with van der Waals surface area (Å²) in [5.74, 6) is 1.89. The van der Waals surface area contributed by atoms with Gasteiger partial charge in [-0.15, -0.1) is 11.3 Å². The van der Waals surface area contributed by atoms with E-state index < -0.39 is 0 Å². The maximum absolute atomic E-state index is 4.73. The third-order valence-corrected chi connectivity index (χ3v) is 4.57. The zero-order valence-electron chi connectivity index (χ0n) is 10.6. The molecule has 18 heavy (non-hydrogen) atoms. The zero-order valence-corrected chi connectivity index (χ0v) is 11.4. The van der Waals surface area contributed by atoms with Crippen molar-refractivity contribution in [1.29, 1.82) is 0 Å². The minimum Gasteiger partial charge on any atom is -0.316 e. The molecule has 5 heteroatoms. The van der Waals surface area contributed by atoms with E-state index in [0.29, 0.717) is 0 Å². The maximum atomic E-state index is 4.73. The Morgan fingerprint density at radius 1 is 1.50 bits per heavy atom. The van der Waals surface area contributed by atoms with Gasteiger partial charge in [0.1, 0.15) is 5.82 Å². The number of H-pyrrole nitrogens is 1. The molecule has 2 N–H and O–H groups in total. The number of hydrogen-bond donors (Lipinski definition) is 2. The van der Waals surface area contributed by atoms with Gasteiger partial charge in [-0.05, 0) is 30.8 Å². The van der Waals surface area contributed by atoms with E-state index in [-0.39, 0.29) is 5.41 Å². The Morgan fingerprint density at radius 2 is 2.44 bits per heavy atom. The average Bonchev–Trinajstić information content (AvgIpc) is 3.11. The standard InChI is InChI=1S/C13H18N4S/c1-2-5-13(6-7-14-9-13)12-15-11(16-17-12)10-4-3-8-18-10/h3-4,8,14H,2,5-7,9H2,1H3,(H,15,16,17). The molecule has 3 rings (SSSR count). The van der Waals surface area contributed by atoms with Crippen molar-refractivity contribution in [3.05, 3.63) is 23.3 Å². The van der Waals surface area contributed by atoms with Crippen LogP contribution in [0.3, 0.4) is 0 Å². The lowest BCUT2D eigenvalue weighted by Gasteiger charge is -2.24. The molecular weight excluding hydrogens is 244 g/mol. The lowest BCUT2D eigenvalue weighted by molar-refractivity contribution is 0.403. The number of nitrogens with one attached hydrogen (secondary N) is 2. The summed E-state index contributed by atoms with van der Waals surface area (Å²) in [4.78, 5) is 5.86. The van der Waals surface area contributed by atoms with Crippen molar-refractivity contribution in [3.63, 3.8) is 0 Å². The topological polar surface area (TPSA) is 53.6 Å². The van der Waals surface area contributed by atoms with E-state index in [1.807, 2.05) is 6.07 Å². The van der Waals surface area contributed by atoms with Crippen LogP contribution in [0.5, 0.6) is 0 Å². The normalized spacial score (nSPS) is 23.6. The summed E-state index contributed by atoms with van der Waals surface area (Å²) in [5.41, 5.74) is 0.164. The van der Waals surface area contributed by atoms with Gasteiger partial charge in [0.05, 0.1) is 4.88 Å². The molecule has 1 atom stereocenters. The summed E-state index contributed by atoms with van der Waals surface area (Å²) in [6.45, 7) is 4.32. The molecule has 0 aliphatic carbocycles. The van der Waals surface area contributed by atoms with Crippen molar-refractivity contribution in [2.75, 3.05) is 13.1 Å². The molecule has 1 fully saturated rings. The molecule has 0 aromatic carbocycles. The number of nitrogens with zero attached hydrogens (tertiary/aromatic N) is 2. The molecule has 3 heterocycles. The third-order valence-electron chi connectivity index (χ3n) is 3.70. The lowest BCUT2D eigenvalue weighted by atomic mass is 9.82. The Hall–Kier alpha value is -1.20. The Labute approximate surface area is 111 Å². The summed E-state index contributed by atoms with van der Waals surface area (Å²) in [6.07, 6.45) is 3.50. The first-order valence-corrected chi connectivity index (χ1v) is 7.39. The van der Waals surface area contributed by atoms with E-state index in [4.69, 9.17) is 4.98 Å². The second kappa shape index (κ2) is 4.82. The van der Waals surface area contributed by atoms with Crippen molar-refractivity contribution in [3.8, 4) is 10.7 Å². The summed E-state index contributed by atoms with van der Waals surface area (Å²) in [7, 11) is 0. The fourth-order valence-corrected chi connectivity index (χ4v) is 3.43. The van der Waals surface area contributed by atoms with Crippen molar-refractivity contribution in [2.45, 2.75) is 31.6 Å². The van der Waals surface area contributed by atoms with Crippen LogP contribution in [0.25, 0.3) is 10.7 Å². The van der Waals surface area contributed by atoms with Gasteiger partial charge in [-0.2, -0.15) is 5.10 Å². The van der Waals surface area contributed by atoms with Gasteiger partial charge in [0, 0.05) is 12.0 Å². The molecule has 0 saturated carbocycles. The fourth-order valence-electron chi connectivity index (χ4n) is 2.77. The zero-order chi connectivity index (χ0) is 12.4. The molecule has 96 valence electrons. The summed E-state index contributed by atoms with van der Waals surface area (Å²) < 4.78 is 0. The van der Waals surface area contributed by atoms with Gasteiger partial charge in [0.2, 0.25) is 0 Å². The maximum Gasteiger partial charge on any atom is 0.191 e. The summed E-state index contributed by atoms with van der Waals surface area (Å²) >= 11 is 1.68. The molecule has 2 aromatic heterocycles. The first-order valence-electron chi connectivity index (χ1n) is 6.51. The largest absolute Gasteiger partial charge is 0.316 e. The molecule has 0 spiro atoms. The van der Waals surface area contributed by atoms with Crippen LogP contribution in [0.1, 0.15) is 32.0 Å². The monoisotopic (exact) mass is 262 g/mol. The molecule has 4 nitrogen and oxygen atoms in total. The highest BCUT2D eigenvalue weighted by Crippen LogP contribution is 2.34. The highest BCUT2D eigenvalue weighted by atomic mass is 32.1. The SMILES string of the molecule is CCCC1(c2nc(-c3cccs3)n[nH]2)CCNC1. The predicted molar refractivity (Wildman–Crippen MR) is 73.8 cm³/mol. The Morgan fingerprint density at radius 3 is 3.11 bits per heavy atom. The van der Waals surface area contributed by atoms with E-state index in [2.05, 4.69) is 33.9 Å².